The third kappa shape index (κ3) is 4.42. The molecule has 2 N–H and O–H groups in total. The molecule has 0 aromatic carbocycles. The van der Waals surface area contributed by atoms with E-state index in [0.717, 1.165) is 32.7 Å². The van der Waals surface area contributed by atoms with Crippen LogP contribution < -0.4 is 10.6 Å². The zero-order chi connectivity index (χ0) is 14.5. The van der Waals surface area contributed by atoms with Crippen LogP contribution in [0.1, 0.15) is 10.5 Å². The van der Waals surface area contributed by atoms with Crippen LogP contribution in [0.15, 0.2) is 12.1 Å². The fraction of sp³-hybridized carbons (Fsp3) is 0.583. The predicted molar refractivity (Wildman–Crippen MR) is 81.0 cm³/mol. The van der Waals surface area contributed by atoms with Crippen molar-refractivity contribution in [3.05, 3.63) is 27.9 Å². The molecular weight excluding hydrogens is 298 g/mol. The molecule has 118 valence electrons. The second-order valence-corrected chi connectivity index (χ2v) is 4.74. The van der Waals surface area contributed by atoms with Crippen LogP contribution in [-0.2, 0) is 7.05 Å². The van der Waals surface area contributed by atoms with Crippen molar-refractivity contribution in [2.45, 2.75) is 0 Å². The summed E-state index contributed by atoms with van der Waals surface area (Å²) in [7, 11) is 1.52. The van der Waals surface area contributed by atoms with Crippen molar-refractivity contribution in [1.82, 2.24) is 20.1 Å². The molecule has 0 radical (unpaired) electrons. The van der Waals surface area contributed by atoms with E-state index in [4.69, 9.17) is 0 Å². The molecule has 0 spiro atoms. The number of hydrogen-bond donors (Lipinski definition) is 2. The van der Waals surface area contributed by atoms with Gasteiger partial charge in [-0.3, -0.25) is 9.69 Å². The number of carbonyl (C=O) groups excluding carboxylic acids is 1. The molecule has 1 aromatic heterocycles. The maximum absolute atomic E-state index is 12.0. The molecule has 2 heterocycles. The van der Waals surface area contributed by atoms with Gasteiger partial charge >= 0.3 is 5.82 Å². The smallest absolute Gasteiger partial charge is 0.323 e. The highest BCUT2D eigenvalue weighted by atomic mass is 35.5. The molecule has 1 amide bonds. The standard InChI is InChI=1S/C12H19N5O3.ClH/c1-15-10(2-3-11(15)17(19)20)12(18)14-6-9-16-7-4-13-5-8-16;/h2-3,13H,4-9H2,1H3,(H,14,18);1H. The molecule has 0 atom stereocenters. The van der Waals surface area contributed by atoms with Gasteiger partial charge in [0.25, 0.3) is 5.91 Å². The maximum Gasteiger partial charge on any atom is 0.323 e. The number of amides is 1. The summed E-state index contributed by atoms with van der Waals surface area (Å²) in [4.78, 5) is 24.4. The second kappa shape index (κ2) is 7.96. The Morgan fingerprint density at radius 1 is 1.43 bits per heavy atom. The number of nitro groups is 1. The Hall–Kier alpha value is -1.64. The second-order valence-electron chi connectivity index (χ2n) is 4.74. The molecule has 21 heavy (non-hydrogen) atoms. The first-order chi connectivity index (χ1) is 9.59. The summed E-state index contributed by atoms with van der Waals surface area (Å²) in [6.45, 7) is 5.23. The van der Waals surface area contributed by atoms with E-state index in [1.807, 2.05) is 0 Å². The van der Waals surface area contributed by atoms with Gasteiger partial charge in [0, 0.05) is 45.3 Å². The van der Waals surface area contributed by atoms with Crippen LogP contribution >= 0.6 is 12.4 Å². The van der Waals surface area contributed by atoms with Gasteiger partial charge in [0.05, 0.1) is 7.05 Å². The van der Waals surface area contributed by atoms with Gasteiger partial charge in [-0.2, -0.15) is 0 Å². The zero-order valence-electron chi connectivity index (χ0n) is 11.9. The average Bonchev–Trinajstić information content (AvgIpc) is 2.82. The normalized spacial score (nSPS) is 15.3. The molecule has 0 aliphatic carbocycles. The molecule has 1 aliphatic rings. The Morgan fingerprint density at radius 2 is 2.10 bits per heavy atom. The lowest BCUT2D eigenvalue weighted by molar-refractivity contribution is -0.391. The summed E-state index contributed by atoms with van der Waals surface area (Å²) in [5, 5.41) is 16.8. The summed E-state index contributed by atoms with van der Waals surface area (Å²) >= 11 is 0. The molecule has 1 aromatic rings. The first kappa shape index (κ1) is 17.4. The molecular formula is C12H20ClN5O3. The molecule has 2 rings (SSSR count). The predicted octanol–water partition coefficient (Wildman–Crippen LogP) is -0.00990. The lowest BCUT2D eigenvalue weighted by atomic mass is 10.3. The summed E-state index contributed by atoms with van der Waals surface area (Å²) in [5.41, 5.74) is 0.303. The first-order valence-corrected chi connectivity index (χ1v) is 6.61. The summed E-state index contributed by atoms with van der Waals surface area (Å²) in [5.74, 6) is -0.368. The highest BCUT2D eigenvalue weighted by Crippen LogP contribution is 2.14. The van der Waals surface area contributed by atoms with Gasteiger partial charge in [-0.05, 0) is 11.0 Å². The van der Waals surface area contributed by atoms with Gasteiger partial charge in [0.1, 0.15) is 0 Å². The van der Waals surface area contributed by atoms with Crippen molar-refractivity contribution in [3.8, 4) is 0 Å². The Balaban J connectivity index is 0.00000220. The van der Waals surface area contributed by atoms with Gasteiger partial charge in [0.15, 0.2) is 5.69 Å². The Kier molecular flexibility index (Phi) is 6.60. The van der Waals surface area contributed by atoms with Crippen LogP contribution in [0.3, 0.4) is 0 Å². The fourth-order valence-corrected chi connectivity index (χ4v) is 2.26. The molecule has 0 unspecified atom stereocenters. The van der Waals surface area contributed by atoms with Gasteiger partial charge in [0.2, 0.25) is 0 Å². The molecule has 1 saturated heterocycles. The van der Waals surface area contributed by atoms with Crippen molar-refractivity contribution in [1.29, 1.82) is 0 Å². The topological polar surface area (TPSA) is 92.4 Å². The van der Waals surface area contributed by atoms with E-state index >= 15 is 0 Å². The van der Waals surface area contributed by atoms with Crippen molar-refractivity contribution >= 4 is 24.1 Å². The molecule has 0 saturated carbocycles. The Morgan fingerprint density at radius 3 is 2.67 bits per heavy atom. The van der Waals surface area contributed by atoms with E-state index in [1.165, 1.54) is 23.7 Å². The van der Waals surface area contributed by atoms with E-state index in [1.54, 1.807) is 0 Å². The molecule has 0 bridgehead atoms. The first-order valence-electron chi connectivity index (χ1n) is 6.61. The van der Waals surface area contributed by atoms with E-state index in [2.05, 4.69) is 15.5 Å². The summed E-state index contributed by atoms with van der Waals surface area (Å²) in [6.07, 6.45) is 0. The Labute approximate surface area is 129 Å². The highest BCUT2D eigenvalue weighted by molar-refractivity contribution is 5.93. The van der Waals surface area contributed by atoms with Crippen molar-refractivity contribution in [2.75, 3.05) is 39.3 Å². The molecule has 9 heteroatoms. The summed E-state index contributed by atoms with van der Waals surface area (Å²) in [6, 6.07) is 2.81. The minimum Gasteiger partial charge on any atom is -0.358 e. The number of nitrogens with one attached hydrogen (secondary N) is 2. The summed E-state index contributed by atoms with van der Waals surface area (Å²) < 4.78 is 1.29. The third-order valence-corrected chi connectivity index (χ3v) is 3.44. The number of hydrogen-bond acceptors (Lipinski definition) is 5. The monoisotopic (exact) mass is 317 g/mol. The van der Waals surface area contributed by atoms with E-state index < -0.39 is 4.92 Å². The number of halogens is 1. The minimum atomic E-state index is -0.502. The highest BCUT2D eigenvalue weighted by Gasteiger charge is 2.20. The van der Waals surface area contributed by atoms with Crippen LogP contribution in [0.4, 0.5) is 5.82 Å². The number of carbonyl (C=O) groups is 1. The lowest BCUT2D eigenvalue weighted by Gasteiger charge is -2.26. The number of nitrogens with zero attached hydrogens (tertiary/aromatic N) is 3. The van der Waals surface area contributed by atoms with Crippen LogP contribution in [0.2, 0.25) is 0 Å². The zero-order valence-corrected chi connectivity index (χ0v) is 12.7. The maximum atomic E-state index is 12.0. The van der Waals surface area contributed by atoms with Crippen LogP contribution in [0.5, 0.6) is 0 Å². The minimum absolute atomic E-state index is 0. The van der Waals surface area contributed by atoms with Gasteiger partial charge in [-0.1, -0.05) is 0 Å². The largest absolute Gasteiger partial charge is 0.358 e. The van der Waals surface area contributed by atoms with Crippen LogP contribution in [0, 0.1) is 10.1 Å². The van der Waals surface area contributed by atoms with E-state index in [0.29, 0.717) is 12.2 Å². The van der Waals surface area contributed by atoms with Crippen molar-refractivity contribution in [3.63, 3.8) is 0 Å². The number of rotatable bonds is 5. The van der Waals surface area contributed by atoms with Gasteiger partial charge in [-0.25, -0.2) is 4.57 Å². The van der Waals surface area contributed by atoms with E-state index in [-0.39, 0.29) is 24.1 Å². The molecule has 1 aliphatic heterocycles. The number of piperazine rings is 1. The SMILES string of the molecule is Cl.Cn1c(C(=O)NCCN2CCNCC2)ccc1[N+](=O)[O-]. The molecule has 1 fully saturated rings. The fourth-order valence-electron chi connectivity index (χ4n) is 2.26. The number of aromatic nitrogens is 1. The lowest BCUT2D eigenvalue weighted by Crippen LogP contribution is -2.46. The van der Waals surface area contributed by atoms with Crippen LogP contribution in [-0.4, -0.2) is 59.6 Å². The third-order valence-electron chi connectivity index (χ3n) is 3.44. The van der Waals surface area contributed by atoms with Crippen LogP contribution in [0.25, 0.3) is 0 Å². The van der Waals surface area contributed by atoms with Crippen molar-refractivity contribution < 1.29 is 9.72 Å². The van der Waals surface area contributed by atoms with Gasteiger partial charge < -0.3 is 20.7 Å². The average molecular weight is 318 g/mol. The van der Waals surface area contributed by atoms with E-state index in [9.17, 15) is 14.9 Å². The van der Waals surface area contributed by atoms with Crippen molar-refractivity contribution in [2.24, 2.45) is 7.05 Å². The molecule has 8 nitrogen and oxygen atoms in total. The Bertz CT molecular complexity index is 499. The van der Waals surface area contributed by atoms with Gasteiger partial charge in [-0.15, -0.1) is 12.4 Å². The quantitative estimate of drug-likeness (QED) is 0.588.